The van der Waals surface area contributed by atoms with Gasteiger partial charge < -0.3 is 16.0 Å². The number of aryl methyl sites for hydroxylation is 1. The van der Waals surface area contributed by atoms with Crippen molar-refractivity contribution >= 4 is 34.6 Å². The molecule has 0 unspecified atom stereocenters. The molecule has 3 N–H and O–H groups in total. The van der Waals surface area contributed by atoms with E-state index in [1.54, 1.807) is 18.2 Å². The lowest BCUT2D eigenvalue weighted by atomic mass is 10.1. The van der Waals surface area contributed by atoms with Gasteiger partial charge in [0, 0.05) is 25.5 Å². The van der Waals surface area contributed by atoms with E-state index >= 15 is 0 Å². The molecule has 0 spiro atoms. The van der Waals surface area contributed by atoms with E-state index in [2.05, 4.69) is 5.32 Å². The van der Waals surface area contributed by atoms with Crippen LogP contribution in [0.15, 0.2) is 36.4 Å². The fourth-order valence-corrected chi connectivity index (χ4v) is 2.30. The maximum absolute atomic E-state index is 12.3. The normalized spacial score (nSPS) is 10.3. The third-order valence-corrected chi connectivity index (χ3v) is 3.64. The maximum atomic E-state index is 12.3. The van der Waals surface area contributed by atoms with Crippen LogP contribution in [0, 0.1) is 6.92 Å². The van der Waals surface area contributed by atoms with Crippen molar-refractivity contribution in [2.24, 2.45) is 0 Å². The molecule has 0 saturated heterocycles. The number of nitrogens with zero attached hydrogens (tertiary/aromatic N) is 1. The van der Waals surface area contributed by atoms with Gasteiger partial charge in [0.25, 0.3) is 5.91 Å². The zero-order valence-corrected chi connectivity index (χ0v) is 13.0. The summed E-state index contributed by atoms with van der Waals surface area (Å²) in [7, 11) is 3.92. The first-order chi connectivity index (χ1) is 9.90. The van der Waals surface area contributed by atoms with E-state index in [9.17, 15) is 4.79 Å². The molecule has 0 atom stereocenters. The molecule has 0 aliphatic rings. The minimum Gasteiger partial charge on any atom is -0.398 e. The average molecular weight is 304 g/mol. The van der Waals surface area contributed by atoms with Gasteiger partial charge in [-0.25, -0.2) is 0 Å². The van der Waals surface area contributed by atoms with Crippen LogP contribution in [0.5, 0.6) is 0 Å². The van der Waals surface area contributed by atoms with Crippen LogP contribution in [0.25, 0.3) is 0 Å². The fraction of sp³-hybridized carbons (Fsp3) is 0.188. The molecular formula is C16H18ClN3O. The number of hydrogen-bond donors (Lipinski definition) is 2. The van der Waals surface area contributed by atoms with Crippen molar-refractivity contribution in [1.82, 2.24) is 0 Å². The molecule has 0 saturated carbocycles. The monoisotopic (exact) mass is 303 g/mol. The van der Waals surface area contributed by atoms with Crippen LogP contribution in [-0.4, -0.2) is 20.0 Å². The first-order valence-corrected chi connectivity index (χ1v) is 6.91. The number of nitrogens with two attached hydrogens (primary N) is 1. The second-order valence-electron chi connectivity index (χ2n) is 5.06. The quantitative estimate of drug-likeness (QED) is 0.853. The number of anilines is 3. The Hall–Kier alpha value is -2.20. The molecule has 2 rings (SSSR count). The summed E-state index contributed by atoms with van der Waals surface area (Å²) in [6, 6.07) is 10.8. The van der Waals surface area contributed by atoms with Crippen LogP contribution < -0.4 is 16.0 Å². The Morgan fingerprint density at radius 2 is 1.95 bits per heavy atom. The van der Waals surface area contributed by atoms with E-state index in [1.165, 1.54) is 0 Å². The van der Waals surface area contributed by atoms with Crippen LogP contribution in [0.4, 0.5) is 17.1 Å². The summed E-state index contributed by atoms with van der Waals surface area (Å²) in [5.41, 5.74) is 9.37. The SMILES string of the molecule is Cc1ccc(NC(=O)c2cccc(N)c2Cl)cc1N(C)C. The van der Waals surface area contributed by atoms with Crippen LogP contribution in [0.1, 0.15) is 15.9 Å². The second kappa shape index (κ2) is 6.06. The van der Waals surface area contributed by atoms with E-state index in [0.29, 0.717) is 16.9 Å². The lowest BCUT2D eigenvalue weighted by Gasteiger charge is -2.17. The number of nitrogens with one attached hydrogen (secondary N) is 1. The van der Waals surface area contributed by atoms with Gasteiger partial charge in [0.1, 0.15) is 0 Å². The zero-order chi connectivity index (χ0) is 15.6. The highest BCUT2D eigenvalue weighted by Gasteiger charge is 2.13. The summed E-state index contributed by atoms with van der Waals surface area (Å²) >= 11 is 6.07. The second-order valence-corrected chi connectivity index (χ2v) is 5.44. The van der Waals surface area contributed by atoms with Crippen LogP contribution in [0.2, 0.25) is 5.02 Å². The molecule has 0 heterocycles. The van der Waals surface area contributed by atoms with E-state index < -0.39 is 0 Å². The van der Waals surface area contributed by atoms with Crippen molar-refractivity contribution in [3.8, 4) is 0 Å². The zero-order valence-electron chi connectivity index (χ0n) is 12.3. The van der Waals surface area contributed by atoms with E-state index in [-0.39, 0.29) is 10.9 Å². The van der Waals surface area contributed by atoms with Crippen molar-refractivity contribution in [2.75, 3.05) is 30.0 Å². The molecular weight excluding hydrogens is 286 g/mol. The minimum absolute atomic E-state index is 0.273. The summed E-state index contributed by atoms with van der Waals surface area (Å²) in [6.07, 6.45) is 0. The predicted octanol–water partition coefficient (Wildman–Crippen LogP) is 3.55. The molecule has 110 valence electrons. The van der Waals surface area contributed by atoms with Crippen LogP contribution >= 0.6 is 11.6 Å². The van der Waals surface area contributed by atoms with Gasteiger partial charge in [0.15, 0.2) is 0 Å². The first kappa shape index (κ1) is 15.2. The fourth-order valence-electron chi connectivity index (χ4n) is 2.09. The Kier molecular flexibility index (Phi) is 4.38. The average Bonchev–Trinajstić information content (AvgIpc) is 2.43. The molecule has 0 fully saturated rings. The van der Waals surface area contributed by atoms with Crippen LogP contribution in [0.3, 0.4) is 0 Å². The smallest absolute Gasteiger partial charge is 0.257 e. The first-order valence-electron chi connectivity index (χ1n) is 6.53. The van der Waals surface area contributed by atoms with Crippen molar-refractivity contribution in [3.05, 3.63) is 52.5 Å². The summed E-state index contributed by atoms with van der Waals surface area (Å²) in [5, 5.41) is 3.12. The van der Waals surface area contributed by atoms with Crippen molar-refractivity contribution in [2.45, 2.75) is 6.92 Å². The Balaban J connectivity index is 2.28. The lowest BCUT2D eigenvalue weighted by molar-refractivity contribution is 0.102. The highest BCUT2D eigenvalue weighted by atomic mass is 35.5. The summed E-state index contributed by atoms with van der Waals surface area (Å²) in [4.78, 5) is 14.3. The number of rotatable bonds is 3. The number of benzene rings is 2. The van der Waals surface area contributed by atoms with Gasteiger partial charge in [0.05, 0.1) is 16.3 Å². The third-order valence-electron chi connectivity index (χ3n) is 3.22. The maximum Gasteiger partial charge on any atom is 0.257 e. The molecule has 0 aliphatic heterocycles. The Bertz CT molecular complexity index is 683. The molecule has 4 nitrogen and oxygen atoms in total. The minimum atomic E-state index is -0.277. The topological polar surface area (TPSA) is 58.4 Å². The Morgan fingerprint density at radius 1 is 1.24 bits per heavy atom. The third kappa shape index (κ3) is 3.28. The van der Waals surface area contributed by atoms with Crippen molar-refractivity contribution in [1.29, 1.82) is 0 Å². The van der Waals surface area contributed by atoms with E-state index in [4.69, 9.17) is 17.3 Å². The number of halogens is 1. The van der Waals surface area contributed by atoms with E-state index in [1.807, 2.05) is 44.1 Å². The molecule has 0 aliphatic carbocycles. The number of hydrogen-bond acceptors (Lipinski definition) is 3. The van der Waals surface area contributed by atoms with Crippen molar-refractivity contribution in [3.63, 3.8) is 0 Å². The summed E-state index contributed by atoms with van der Waals surface area (Å²) in [6.45, 7) is 2.02. The number of amides is 1. The summed E-state index contributed by atoms with van der Waals surface area (Å²) < 4.78 is 0. The summed E-state index contributed by atoms with van der Waals surface area (Å²) in [5.74, 6) is -0.277. The molecule has 1 amide bonds. The standard InChI is InChI=1S/C16H18ClN3O/c1-10-7-8-11(9-14(10)20(2)3)19-16(21)12-5-4-6-13(18)15(12)17/h4-9H,18H2,1-3H3,(H,19,21). The molecule has 0 radical (unpaired) electrons. The van der Waals surface area contributed by atoms with Gasteiger partial charge >= 0.3 is 0 Å². The van der Waals surface area contributed by atoms with Gasteiger partial charge in [-0.3, -0.25) is 4.79 Å². The molecule has 5 heteroatoms. The highest BCUT2D eigenvalue weighted by molar-refractivity contribution is 6.36. The van der Waals surface area contributed by atoms with Gasteiger partial charge in [-0.1, -0.05) is 23.7 Å². The molecule has 2 aromatic carbocycles. The molecule has 0 bridgehead atoms. The van der Waals surface area contributed by atoms with Gasteiger partial charge in [-0.2, -0.15) is 0 Å². The lowest BCUT2D eigenvalue weighted by Crippen LogP contribution is -2.15. The molecule has 21 heavy (non-hydrogen) atoms. The Labute approximate surface area is 129 Å². The number of carbonyl (C=O) groups excluding carboxylic acids is 1. The molecule has 0 aromatic heterocycles. The van der Waals surface area contributed by atoms with Gasteiger partial charge in [-0.15, -0.1) is 0 Å². The largest absolute Gasteiger partial charge is 0.398 e. The van der Waals surface area contributed by atoms with E-state index in [0.717, 1.165) is 11.3 Å². The molecule has 2 aromatic rings. The van der Waals surface area contributed by atoms with Gasteiger partial charge in [-0.05, 0) is 36.8 Å². The Morgan fingerprint density at radius 3 is 2.62 bits per heavy atom. The number of nitrogen functional groups attached to an aromatic ring is 1. The van der Waals surface area contributed by atoms with Crippen LogP contribution in [-0.2, 0) is 0 Å². The number of carbonyl (C=O) groups is 1. The predicted molar refractivity (Wildman–Crippen MR) is 89.3 cm³/mol. The highest BCUT2D eigenvalue weighted by Crippen LogP contribution is 2.26. The van der Waals surface area contributed by atoms with Crippen molar-refractivity contribution < 1.29 is 4.79 Å². The van der Waals surface area contributed by atoms with Gasteiger partial charge in [0.2, 0.25) is 0 Å².